The van der Waals surface area contributed by atoms with Crippen molar-refractivity contribution in [1.82, 2.24) is 10.6 Å². The van der Waals surface area contributed by atoms with Crippen molar-refractivity contribution in [1.29, 1.82) is 0 Å². The third kappa shape index (κ3) is 11.8. The van der Waals surface area contributed by atoms with Crippen LogP contribution in [0.25, 0.3) is 0 Å². The third-order valence-corrected chi connectivity index (χ3v) is 11.9. The van der Waals surface area contributed by atoms with Crippen LogP contribution in [-0.2, 0) is 32.5 Å². The van der Waals surface area contributed by atoms with E-state index in [2.05, 4.69) is 10.6 Å². The summed E-state index contributed by atoms with van der Waals surface area (Å²) in [6.07, 6.45) is 1.95. The number of phosphoric acid groups is 1. The molecule has 3 saturated carbocycles. The number of phosphoric ester groups is 1. The minimum atomic E-state index is -4.34. The molecule has 2 aromatic carbocycles. The van der Waals surface area contributed by atoms with Crippen molar-refractivity contribution in [2.75, 3.05) is 19.8 Å². The van der Waals surface area contributed by atoms with Gasteiger partial charge in [-0.3, -0.25) is 28.0 Å². The molecule has 0 aromatic heterocycles. The molecule has 54 heavy (non-hydrogen) atoms. The van der Waals surface area contributed by atoms with Gasteiger partial charge in [-0.25, -0.2) is 13.3 Å². The Hall–Kier alpha value is -3.00. The highest BCUT2D eigenvalue weighted by Crippen LogP contribution is 2.58. The number of amides is 2. The Balaban J connectivity index is 1.73. The Labute approximate surface area is 324 Å². The number of nitrogens with one attached hydrogen (secondary N) is 2. The maximum absolute atomic E-state index is 14.2. The van der Waals surface area contributed by atoms with Crippen molar-refractivity contribution in [3.63, 3.8) is 0 Å². The fourth-order valence-corrected chi connectivity index (χ4v) is 9.33. The molecule has 3 fully saturated rings. The first kappa shape index (κ1) is 43.7. The summed E-state index contributed by atoms with van der Waals surface area (Å²) in [5.41, 5.74) is -4.55. The van der Waals surface area contributed by atoms with Crippen LogP contribution in [0, 0.1) is 23.5 Å². The molecule has 2 aromatic rings. The molecule has 0 spiro atoms. The molecule has 0 saturated heterocycles. The summed E-state index contributed by atoms with van der Waals surface area (Å²) in [7, 11) is -4.34. The minimum absolute atomic E-state index is 0.0374. The molecular weight excluding hydrogens is 772 g/mol. The molecule has 3 aliphatic carbocycles. The summed E-state index contributed by atoms with van der Waals surface area (Å²) >= 11 is 11.6. The molecule has 12 nitrogen and oxygen atoms in total. The van der Waals surface area contributed by atoms with Crippen LogP contribution >= 0.6 is 31.0 Å². The van der Waals surface area contributed by atoms with Crippen LogP contribution in [0.2, 0.25) is 10.0 Å². The molecule has 2 atom stereocenters. The van der Waals surface area contributed by atoms with Crippen LogP contribution in [-0.4, -0.2) is 65.0 Å². The average Bonchev–Trinajstić information content (AvgIpc) is 3.04. The molecule has 5 rings (SSSR count). The number of carboxylic acid groups (broad SMARTS) is 1. The zero-order valence-electron chi connectivity index (χ0n) is 31.3. The summed E-state index contributed by atoms with van der Waals surface area (Å²) in [5.74, 6) is -4.58. The zero-order chi connectivity index (χ0) is 40.1. The molecule has 0 aliphatic heterocycles. The van der Waals surface area contributed by atoms with Crippen LogP contribution in [0.15, 0.2) is 36.4 Å². The smallest absolute Gasteiger partial charge is 0.475 e. The van der Waals surface area contributed by atoms with Gasteiger partial charge in [-0.2, -0.15) is 0 Å². The second-order valence-corrected chi connectivity index (χ2v) is 18.1. The first-order valence-electron chi connectivity index (χ1n) is 17.7. The van der Waals surface area contributed by atoms with Gasteiger partial charge in [0.15, 0.2) is 13.2 Å². The monoisotopic (exact) mass is 820 g/mol. The van der Waals surface area contributed by atoms with E-state index in [1.807, 2.05) is 0 Å². The molecule has 3 aliphatic rings. The number of halogens is 4. The van der Waals surface area contributed by atoms with E-state index in [0.29, 0.717) is 25.7 Å². The Morgan fingerprint density at radius 3 is 1.80 bits per heavy atom. The Kier molecular flexibility index (Phi) is 14.1. The largest absolute Gasteiger partial charge is 0.484 e. The number of rotatable bonds is 17. The number of fused-ring (bicyclic) bond motifs is 3. The standard InChI is InChI=1S/C37H49Cl2F2N2O10P/c1-34(2,3)52-54(48,53-35(4,5)6)51-20-24(7-12-33(46)47)37(43-32(45)22-50-26-9-11-28(39)30(41)18-26)19-23-13-15-36(37,16-14-23)42-31(44)21-49-25-8-10-27(38)29(40)17-25/h8-11,17-18,23-24H,7,12-16,19-22H2,1-6H3,(H,42,44)(H,43,45)(H,46,47). The van der Waals surface area contributed by atoms with Gasteiger partial charge < -0.3 is 25.2 Å². The molecule has 300 valence electrons. The fraction of sp³-hybridized carbons (Fsp3) is 0.595. The van der Waals surface area contributed by atoms with Gasteiger partial charge in [0.2, 0.25) is 0 Å². The van der Waals surface area contributed by atoms with Crippen molar-refractivity contribution < 1.29 is 55.9 Å². The number of carbonyl (C=O) groups is 3. The lowest BCUT2D eigenvalue weighted by Gasteiger charge is -2.63. The van der Waals surface area contributed by atoms with Crippen LogP contribution in [0.4, 0.5) is 8.78 Å². The van der Waals surface area contributed by atoms with Crippen molar-refractivity contribution in [3.8, 4) is 11.5 Å². The number of ether oxygens (including phenoxy) is 2. The zero-order valence-corrected chi connectivity index (χ0v) is 33.7. The molecule has 2 unspecified atom stereocenters. The second-order valence-electron chi connectivity index (χ2n) is 15.8. The van der Waals surface area contributed by atoms with Gasteiger partial charge >= 0.3 is 13.8 Å². The predicted molar refractivity (Wildman–Crippen MR) is 198 cm³/mol. The lowest BCUT2D eigenvalue weighted by molar-refractivity contribution is -0.143. The SMILES string of the molecule is CC(C)(C)OP(=O)(OCC(CCC(=O)O)C1(NC(=O)COc2ccc(Cl)c(F)c2)CC2CCC1(NC(=O)COc1ccc(Cl)c(F)c1)CC2)OC(C)(C)C. The van der Waals surface area contributed by atoms with E-state index in [1.165, 1.54) is 24.3 Å². The highest BCUT2D eigenvalue weighted by atomic mass is 35.5. The van der Waals surface area contributed by atoms with E-state index in [9.17, 15) is 32.8 Å². The average molecular weight is 822 g/mol. The maximum Gasteiger partial charge on any atom is 0.475 e. The van der Waals surface area contributed by atoms with E-state index in [4.69, 9.17) is 46.2 Å². The van der Waals surface area contributed by atoms with Crippen molar-refractivity contribution in [2.45, 2.75) is 109 Å². The van der Waals surface area contributed by atoms with Gasteiger partial charge in [0.25, 0.3) is 11.8 Å². The molecule has 2 amide bonds. The summed E-state index contributed by atoms with van der Waals surface area (Å²) in [4.78, 5) is 39.7. The highest BCUT2D eigenvalue weighted by molar-refractivity contribution is 7.48. The van der Waals surface area contributed by atoms with E-state index >= 15 is 0 Å². The molecule has 0 heterocycles. The first-order valence-corrected chi connectivity index (χ1v) is 19.9. The number of hydrogen-bond acceptors (Lipinski definition) is 9. The number of aliphatic carboxylic acids is 1. The van der Waals surface area contributed by atoms with Gasteiger partial charge in [-0.1, -0.05) is 23.2 Å². The summed E-state index contributed by atoms with van der Waals surface area (Å²) in [6.45, 7) is 8.57. The number of carboxylic acids is 1. The Bertz CT molecular complexity index is 1710. The van der Waals surface area contributed by atoms with Crippen LogP contribution in [0.5, 0.6) is 11.5 Å². The van der Waals surface area contributed by atoms with Gasteiger partial charge in [0.1, 0.15) is 23.1 Å². The number of hydrogen-bond donors (Lipinski definition) is 3. The quantitative estimate of drug-likeness (QED) is 0.133. The van der Waals surface area contributed by atoms with Crippen LogP contribution in [0.3, 0.4) is 0 Å². The summed E-state index contributed by atoms with van der Waals surface area (Å²) in [5, 5.41) is 15.8. The molecule has 2 bridgehead atoms. The number of benzene rings is 2. The minimum Gasteiger partial charge on any atom is -0.484 e. The third-order valence-electron chi connectivity index (χ3n) is 9.30. The van der Waals surface area contributed by atoms with Gasteiger partial charge in [0, 0.05) is 24.5 Å². The Morgan fingerprint density at radius 2 is 1.35 bits per heavy atom. The van der Waals surface area contributed by atoms with Crippen molar-refractivity contribution >= 4 is 48.8 Å². The lowest BCUT2D eigenvalue weighted by Crippen LogP contribution is -2.78. The van der Waals surface area contributed by atoms with E-state index in [1.54, 1.807) is 41.5 Å². The molecule has 17 heteroatoms. The lowest BCUT2D eigenvalue weighted by atomic mass is 9.51. The molecule has 0 radical (unpaired) electrons. The Morgan fingerprint density at radius 1 is 0.870 bits per heavy atom. The van der Waals surface area contributed by atoms with Gasteiger partial charge in [-0.15, -0.1) is 0 Å². The van der Waals surface area contributed by atoms with Gasteiger partial charge in [0.05, 0.1) is 38.9 Å². The summed E-state index contributed by atoms with van der Waals surface area (Å²) in [6, 6.07) is 7.48. The summed E-state index contributed by atoms with van der Waals surface area (Å²) < 4.78 is 71.5. The van der Waals surface area contributed by atoms with Crippen molar-refractivity contribution in [2.24, 2.45) is 11.8 Å². The highest BCUT2D eigenvalue weighted by Gasteiger charge is 2.63. The number of carbonyl (C=O) groups excluding carboxylic acids is 2. The van der Waals surface area contributed by atoms with E-state index in [0.717, 1.165) is 12.1 Å². The molecular formula is C37H49Cl2F2N2O10P. The van der Waals surface area contributed by atoms with Crippen LogP contribution < -0.4 is 20.1 Å². The van der Waals surface area contributed by atoms with Crippen molar-refractivity contribution in [3.05, 3.63) is 58.1 Å². The normalized spacial score (nSPS) is 22.0. The van der Waals surface area contributed by atoms with E-state index < -0.39 is 85.3 Å². The molecule has 3 N–H and O–H groups in total. The second kappa shape index (κ2) is 17.4. The van der Waals surface area contributed by atoms with Gasteiger partial charge in [-0.05, 0) is 110 Å². The maximum atomic E-state index is 14.2. The first-order chi connectivity index (χ1) is 25.0. The van der Waals surface area contributed by atoms with E-state index in [-0.39, 0.29) is 46.7 Å². The fourth-order valence-electron chi connectivity index (χ4n) is 7.25. The topological polar surface area (TPSA) is 159 Å². The predicted octanol–water partition coefficient (Wildman–Crippen LogP) is 8.27. The van der Waals surface area contributed by atoms with Crippen LogP contribution in [0.1, 0.15) is 86.5 Å².